The largest absolute Gasteiger partial charge is 0.325 e. The minimum absolute atomic E-state index is 0. The zero-order valence-corrected chi connectivity index (χ0v) is 37.9. The molecule has 6 aromatic rings. The summed E-state index contributed by atoms with van der Waals surface area (Å²) in [5.41, 5.74) is 4.26. The fourth-order valence-corrected chi connectivity index (χ4v) is 11.7. The lowest BCUT2D eigenvalue weighted by Crippen LogP contribution is -2.55. The topological polar surface area (TPSA) is 193 Å². The molecule has 64 heavy (non-hydrogen) atoms. The van der Waals surface area contributed by atoms with Crippen molar-refractivity contribution < 1.29 is 35.2 Å². The van der Waals surface area contributed by atoms with E-state index in [-0.39, 0.29) is 49.1 Å². The maximum absolute atomic E-state index is 13.4. The smallest absolute Gasteiger partial charge is 0.280 e. The van der Waals surface area contributed by atoms with Crippen molar-refractivity contribution in [2.75, 3.05) is 24.7 Å². The van der Waals surface area contributed by atoms with E-state index in [1.54, 1.807) is 21.8 Å². The Morgan fingerprint density at radius 3 is 1.36 bits per heavy atom. The molecule has 0 saturated carbocycles. The zero-order valence-electron chi connectivity index (χ0n) is 33.1. The lowest BCUT2D eigenvalue weighted by atomic mass is 10.0. The van der Waals surface area contributed by atoms with E-state index in [1.165, 1.54) is 61.0 Å². The molecule has 2 aliphatic rings. The molecule has 1 unspecified atom stereocenters. The van der Waals surface area contributed by atoms with E-state index >= 15 is 0 Å². The van der Waals surface area contributed by atoms with E-state index in [4.69, 9.17) is 23.2 Å². The maximum atomic E-state index is 13.4. The molecule has 0 aliphatic carbocycles. The molecule has 4 atom stereocenters. The van der Waals surface area contributed by atoms with Crippen molar-refractivity contribution in [1.29, 1.82) is 0 Å². The van der Waals surface area contributed by atoms with Gasteiger partial charge in [-0.05, 0) is 83.3 Å². The van der Waals surface area contributed by atoms with Gasteiger partial charge in [-0.2, -0.15) is 45.1 Å². The van der Waals surface area contributed by atoms with E-state index in [2.05, 4.69) is 30.3 Å². The Labute approximate surface area is 388 Å². The van der Waals surface area contributed by atoms with Crippen LogP contribution in [-0.2, 0) is 44.1 Å². The van der Waals surface area contributed by atoms with Crippen LogP contribution in [0.4, 0.5) is 20.2 Å². The Morgan fingerprint density at radius 2 is 1.03 bits per heavy atom. The standard InChI is InChI=1S/2C19H19ClFN5O3S2.2CH4/c2*1-25-9-12(8-22-25)11-5-18(30-10-11)16-7-17(26(2)31(28,29)24-16)19(27)23-13-3-4-15(21)14(20)6-13;;/h2*3-6,8-10,16-17,24H,7H2,1-2H3,(H,23,27);2*1H4/t16?,17-;16-,17+;;/m00../s1. The van der Waals surface area contributed by atoms with Crippen molar-refractivity contribution in [3.05, 3.63) is 116 Å². The first-order valence-corrected chi connectivity index (χ1v) is 23.8. The van der Waals surface area contributed by atoms with Crippen molar-refractivity contribution in [2.45, 2.75) is 51.9 Å². The lowest BCUT2D eigenvalue weighted by molar-refractivity contribution is -0.120. The van der Waals surface area contributed by atoms with Gasteiger partial charge in [-0.3, -0.25) is 19.0 Å². The fraction of sp³-hybridized carbons (Fsp3) is 0.300. The zero-order chi connectivity index (χ0) is 44.7. The summed E-state index contributed by atoms with van der Waals surface area (Å²) in [5, 5.41) is 17.1. The molecule has 0 spiro atoms. The van der Waals surface area contributed by atoms with E-state index in [0.29, 0.717) is 0 Å². The number of carbonyl (C=O) groups is 2. The number of nitrogens with one attached hydrogen (secondary N) is 4. The van der Waals surface area contributed by atoms with Crippen LogP contribution in [0.5, 0.6) is 0 Å². The van der Waals surface area contributed by atoms with Crippen LogP contribution >= 0.6 is 45.9 Å². The van der Waals surface area contributed by atoms with Gasteiger partial charge in [0.15, 0.2) is 0 Å². The summed E-state index contributed by atoms with van der Waals surface area (Å²) in [7, 11) is -1.45. The van der Waals surface area contributed by atoms with Gasteiger partial charge in [0, 0.05) is 72.8 Å². The summed E-state index contributed by atoms with van der Waals surface area (Å²) >= 11 is 14.4. The van der Waals surface area contributed by atoms with Gasteiger partial charge in [-0.1, -0.05) is 38.1 Å². The molecule has 344 valence electrons. The minimum atomic E-state index is -3.88. The Hall–Kier alpha value is -4.62. The van der Waals surface area contributed by atoms with Crippen molar-refractivity contribution in [3.63, 3.8) is 0 Å². The Morgan fingerprint density at radius 1 is 0.656 bits per heavy atom. The summed E-state index contributed by atoms with van der Waals surface area (Å²) in [4.78, 5) is 27.3. The molecule has 2 amide bonds. The maximum Gasteiger partial charge on any atom is 0.280 e. The molecule has 4 N–H and O–H groups in total. The molecule has 2 saturated heterocycles. The number of halogens is 4. The predicted octanol–water partition coefficient (Wildman–Crippen LogP) is 7.59. The average molecular weight is 1000 g/mol. The molecule has 4 aromatic heterocycles. The van der Waals surface area contributed by atoms with Crippen LogP contribution in [0.15, 0.2) is 84.1 Å². The Kier molecular flexibility index (Phi) is 16.0. The number of nitrogens with zero attached hydrogens (tertiary/aromatic N) is 6. The van der Waals surface area contributed by atoms with E-state index in [9.17, 15) is 35.2 Å². The quantitative estimate of drug-likeness (QED) is 0.120. The molecule has 24 heteroatoms. The molecule has 6 heterocycles. The highest BCUT2D eigenvalue weighted by Gasteiger charge is 2.42. The lowest BCUT2D eigenvalue weighted by Gasteiger charge is -2.35. The van der Waals surface area contributed by atoms with Gasteiger partial charge in [-0.15, -0.1) is 22.7 Å². The summed E-state index contributed by atoms with van der Waals surface area (Å²) in [6.45, 7) is 0. The number of benzene rings is 2. The number of anilines is 2. The number of hydrogen-bond acceptors (Lipinski definition) is 10. The van der Waals surface area contributed by atoms with Crippen LogP contribution in [-0.4, -0.2) is 83.0 Å². The molecule has 0 radical (unpaired) electrons. The van der Waals surface area contributed by atoms with Gasteiger partial charge in [0.05, 0.1) is 34.5 Å². The van der Waals surface area contributed by atoms with Gasteiger partial charge >= 0.3 is 0 Å². The monoisotopic (exact) mass is 998 g/mol. The van der Waals surface area contributed by atoms with E-state index < -0.39 is 68.0 Å². The number of hydrogen-bond donors (Lipinski definition) is 4. The molecule has 2 aliphatic heterocycles. The first-order valence-electron chi connectivity index (χ1n) is 18.4. The molecule has 8 rings (SSSR count). The Balaban J connectivity index is 0.000000234. The van der Waals surface area contributed by atoms with Crippen LogP contribution in [0, 0.1) is 11.6 Å². The summed E-state index contributed by atoms with van der Waals surface area (Å²) in [6, 6.07) is 8.31. The van der Waals surface area contributed by atoms with Gasteiger partial charge in [0.2, 0.25) is 11.8 Å². The van der Waals surface area contributed by atoms with Crippen LogP contribution in [0.3, 0.4) is 0 Å². The second-order valence-electron chi connectivity index (χ2n) is 14.4. The minimum Gasteiger partial charge on any atom is -0.325 e. The first-order chi connectivity index (χ1) is 29.3. The third kappa shape index (κ3) is 11.2. The van der Waals surface area contributed by atoms with Crippen LogP contribution in [0.2, 0.25) is 10.0 Å². The molecule has 2 fully saturated rings. The summed E-state index contributed by atoms with van der Waals surface area (Å²) < 4.78 is 88.1. The molecular formula is C40H46Cl2F2N10O6S4. The van der Waals surface area contributed by atoms with Crippen molar-refractivity contribution in [1.82, 2.24) is 37.6 Å². The van der Waals surface area contributed by atoms with E-state index in [1.807, 2.05) is 49.4 Å². The van der Waals surface area contributed by atoms with Crippen LogP contribution in [0.25, 0.3) is 22.3 Å². The van der Waals surface area contributed by atoms with Gasteiger partial charge in [0.25, 0.3) is 20.4 Å². The highest BCUT2D eigenvalue weighted by Crippen LogP contribution is 2.37. The second-order valence-corrected chi connectivity index (χ2v) is 20.6. The van der Waals surface area contributed by atoms with Crippen molar-refractivity contribution >= 4 is 89.5 Å². The molecular weight excluding hydrogens is 954 g/mol. The number of carbonyl (C=O) groups excluding carboxylic acids is 2. The first kappa shape index (κ1) is 50.4. The van der Waals surface area contributed by atoms with Crippen LogP contribution < -0.4 is 20.1 Å². The molecule has 16 nitrogen and oxygen atoms in total. The number of aryl methyl sites for hydroxylation is 2. The summed E-state index contributed by atoms with van der Waals surface area (Å²) in [5.74, 6) is -2.26. The number of rotatable bonds is 8. The average Bonchev–Trinajstić information content (AvgIpc) is 4.05. The highest BCUT2D eigenvalue weighted by atomic mass is 35.5. The third-order valence-corrected chi connectivity index (χ3v) is 16.0. The van der Waals surface area contributed by atoms with E-state index in [0.717, 1.165) is 52.8 Å². The highest BCUT2D eigenvalue weighted by molar-refractivity contribution is 7.87. The van der Waals surface area contributed by atoms with Gasteiger partial charge in [0.1, 0.15) is 23.7 Å². The SMILES string of the molecule is C.C.CN1[C@@H](C(=O)Nc2ccc(F)c(Cl)c2)C[C@@H](c2cc(-c3cnn(C)c3)cs2)NS1(=O)=O.CN1[C@H](C(=O)Nc2ccc(F)c(Cl)c2)CC(c2cc(-c3cnn(C)c3)cs2)NS1(=O)=O. The number of amides is 2. The predicted molar refractivity (Wildman–Crippen MR) is 249 cm³/mol. The van der Waals surface area contributed by atoms with Crippen molar-refractivity contribution in [3.8, 4) is 22.3 Å². The number of thiophene rings is 2. The second kappa shape index (κ2) is 20.3. The number of likely N-dealkylation sites (N-methyl/N-ethyl adjacent to an activating group) is 2. The molecule has 2 aromatic carbocycles. The Bertz CT molecular complexity index is 2680. The fourth-order valence-electron chi connectivity index (χ4n) is 6.71. The summed E-state index contributed by atoms with van der Waals surface area (Å²) in [6.07, 6.45) is 7.65. The van der Waals surface area contributed by atoms with Gasteiger partial charge in [-0.25, -0.2) is 8.78 Å². The van der Waals surface area contributed by atoms with Gasteiger partial charge < -0.3 is 10.6 Å². The normalized spacial score (nSPS) is 20.5. The number of aromatic nitrogens is 4. The third-order valence-electron chi connectivity index (χ3n) is 10.1. The molecule has 0 bridgehead atoms. The van der Waals surface area contributed by atoms with Crippen LogP contribution in [0.1, 0.15) is 49.5 Å². The van der Waals surface area contributed by atoms with Crippen molar-refractivity contribution in [2.24, 2.45) is 14.1 Å².